The molecule has 0 unspecified atom stereocenters. The smallest absolute Gasteiger partial charge is 0.145 e. The van der Waals surface area contributed by atoms with Gasteiger partial charge in [-0.05, 0) is 64.7 Å². The van der Waals surface area contributed by atoms with E-state index < -0.39 is 0 Å². The summed E-state index contributed by atoms with van der Waals surface area (Å²) in [5.74, 6) is 1.92. The highest BCUT2D eigenvalue weighted by molar-refractivity contribution is 9.10. The Morgan fingerprint density at radius 1 is 0.667 bits per heavy atom. The van der Waals surface area contributed by atoms with Crippen LogP contribution in [0, 0.1) is 0 Å². The number of rotatable bonds is 12. The normalized spacial score (nSPS) is 11.8. The molecule has 42 heavy (non-hydrogen) atoms. The molecule has 5 heteroatoms. The van der Waals surface area contributed by atoms with E-state index in [0.717, 1.165) is 51.0 Å². The summed E-state index contributed by atoms with van der Waals surface area (Å²) in [5.41, 5.74) is 3.34. The van der Waals surface area contributed by atoms with Crippen LogP contribution in [0.5, 0.6) is 5.75 Å². The molecule has 6 rings (SSSR count). The summed E-state index contributed by atoms with van der Waals surface area (Å²) < 4.78 is 11.2. The molecular formula is C37H38Br2N2O. The average molecular weight is 687 g/mol. The van der Waals surface area contributed by atoms with Gasteiger partial charge in [0.1, 0.15) is 11.6 Å². The Hall–Kier alpha value is -2.89. The predicted molar refractivity (Wildman–Crippen MR) is 187 cm³/mol. The highest BCUT2D eigenvalue weighted by atomic mass is 79.9. The van der Waals surface area contributed by atoms with Crippen molar-refractivity contribution in [3.05, 3.63) is 81.7 Å². The quantitative estimate of drug-likeness (QED) is 0.0947. The zero-order valence-electron chi connectivity index (χ0n) is 24.6. The Morgan fingerprint density at radius 3 is 2.12 bits per heavy atom. The van der Waals surface area contributed by atoms with Crippen molar-refractivity contribution >= 4 is 75.2 Å². The highest BCUT2D eigenvalue weighted by Gasteiger charge is 2.23. The first-order valence-electron chi connectivity index (χ1n) is 15.5. The first-order chi connectivity index (χ1) is 20.6. The Balaban J connectivity index is 1.65. The van der Waals surface area contributed by atoms with Crippen LogP contribution in [0.4, 0.5) is 0 Å². The molecule has 1 aromatic heterocycles. The van der Waals surface area contributed by atoms with E-state index in [0.29, 0.717) is 6.61 Å². The van der Waals surface area contributed by atoms with Crippen LogP contribution >= 0.6 is 31.9 Å². The number of halogens is 2. The van der Waals surface area contributed by atoms with E-state index in [1.54, 1.807) is 0 Å². The molecule has 1 heterocycles. The molecule has 0 spiro atoms. The molecule has 0 atom stereocenters. The van der Waals surface area contributed by atoms with Crippen LogP contribution in [0.2, 0.25) is 0 Å². The number of hydrogen-bond donors (Lipinski definition) is 0. The van der Waals surface area contributed by atoms with Crippen LogP contribution < -0.4 is 4.74 Å². The molecule has 0 saturated heterocycles. The molecule has 0 aliphatic heterocycles. The molecule has 0 fully saturated rings. The van der Waals surface area contributed by atoms with Crippen molar-refractivity contribution in [3.8, 4) is 17.1 Å². The number of hydrogen-bond acceptors (Lipinski definition) is 2. The van der Waals surface area contributed by atoms with Crippen molar-refractivity contribution in [2.75, 3.05) is 6.61 Å². The van der Waals surface area contributed by atoms with Crippen molar-refractivity contribution in [1.29, 1.82) is 0 Å². The van der Waals surface area contributed by atoms with E-state index in [4.69, 9.17) is 9.72 Å². The predicted octanol–water partition coefficient (Wildman–Crippen LogP) is 12.2. The van der Waals surface area contributed by atoms with Crippen molar-refractivity contribution < 1.29 is 4.74 Å². The third kappa shape index (κ3) is 5.70. The van der Waals surface area contributed by atoms with Crippen LogP contribution in [0.1, 0.15) is 65.2 Å². The van der Waals surface area contributed by atoms with Gasteiger partial charge in [0.15, 0.2) is 0 Å². The standard InChI is InChI=1S/C37H38Br2N2O/c1-3-5-7-11-21-41-36-32-24-27(39)17-19-30(32)29-18-16-26(38)23-31(29)35(36)40-37(41)34-28-14-10-9-13-25(28)15-20-33(34)42-22-12-8-6-4-2/h9-10,13-20,23-24H,3-8,11-12,21-22H2,1-2H3. The maximum absolute atomic E-state index is 6.59. The number of aromatic nitrogens is 2. The highest BCUT2D eigenvalue weighted by Crippen LogP contribution is 2.43. The first-order valence-corrected chi connectivity index (χ1v) is 17.0. The van der Waals surface area contributed by atoms with Crippen LogP contribution in [-0.4, -0.2) is 16.2 Å². The van der Waals surface area contributed by atoms with Gasteiger partial charge < -0.3 is 9.30 Å². The maximum Gasteiger partial charge on any atom is 0.145 e. The lowest BCUT2D eigenvalue weighted by Crippen LogP contribution is -2.05. The summed E-state index contributed by atoms with van der Waals surface area (Å²) in [4.78, 5) is 5.55. The zero-order chi connectivity index (χ0) is 29.1. The number of aryl methyl sites for hydroxylation is 1. The van der Waals surface area contributed by atoms with Gasteiger partial charge in [0.25, 0.3) is 0 Å². The van der Waals surface area contributed by atoms with Gasteiger partial charge >= 0.3 is 0 Å². The van der Waals surface area contributed by atoms with Crippen LogP contribution in [0.25, 0.3) is 54.7 Å². The van der Waals surface area contributed by atoms with Crippen LogP contribution in [0.3, 0.4) is 0 Å². The molecule has 0 bridgehead atoms. The summed E-state index contributed by atoms with van der Waals surface area (Å²) in [5, 5.41) is 7.26. The van der Waals surface area contributed by atoms with Gasteiger partial charge in [0, 0.05) is 26.3 Å². The Morgan fingerprint density at radius 2 is 1.36 bits per heavy atom. The number of imidazole rings is 1. The van der Waals surface area contributed by atoms with E-state index in [9.17, 15) is 0 Å². The van der Waals surface area contributed by atoms with E-state index in [2.05, 4.69) is 123 Å². The summed E-state index contributed by atoms with van der Waals surface area (Å²) in [6, 6.07) is 26.2. The van der Waals surface area contributed by atoms with Crippen molar-refractivity contribution in [3.63, 3.8) is 0 Å². The molecule has 0 radical (unpaired) electrons. The Bertz CT molecular complexity index is 1870. The van der Waals surface area contributed by atoms with Crippen molar-refractivity contribution in [2.24, 2.45) is 0 Å². The number of benzene rings is 5. The monoisotopic (exact) mass is 684 g/mol. The summed E-state index contributed by atoms with van der Waals surface area (Å²) in [6.45, 7) is 6.14. The van der Waals surface area contributed by atoms with Gasteiger partial charge in [-0.2, -0.15) is 0 Å². The molecular weight excluding hydrogens is 648 g/mol. The van der Waals surface area contributed by atoms with Gasteiger partial charge in [-0.3, -0.25) is 0 Å². The molecule has 0 aliphatic carbocycles. The topological polar surface area (TPSA) is 27.1 Å². The number of ether oxygens (including phenoxy) is 1. The summed E-state index contributed by atoms with van der Waals surface area (Å²) in [6.07, 6.45) is 9.48. The lowest BCUT2D eigenvalue weighted by Gasteiger charge is -2.17. The molecule has 0 saturated carbocycles. The fourth-order valence-electron chi connectivity index (χ4n) is 6.23. The third-order valence-corrected chi connectivity index (χ3v) is 9.32. The number of unbranched alkanes of at least 4 members (excludes halogenated alkanes) is 6. The van der Waals surface area contributed by atoms with Crippen LogP contribution in [0.15, 0.2) is 81.7 Å². The molecule has 6 aromatic rings. The fraction of sp³-hybridized carbons (Fsp3) is 0.324. The Kier molecular flexibility index (Phi) is 9.16. The number of nitrogens with zero attached hydrogens (tertiary/aromatic N) is 2. The molecule has 3 nitrogen and oxygen atoms in total. The van der Waals surface area contributed by atoms with Gasteiger partial charge in [-0.15, -0.1) is 0 Å². The van der Waals surface area contributed by atoms with E-state index >= 15 is 0 Å². The minimum absolute atomic E-state index is 0.716. The van der Waals surface area contributed by atoms with Gasteiger partial charge in [0.05, 0.1) is 23.2 Å². The molecule has 5 aromatic carbocycles. The lowest BCUT2D eigenvalue weighted by molar-refractivity contribution is 0.306. The SMILES string of the molecule is CCCCCCOc1ccc2ccccc2c1-c1nc2c3cc(Br)ccc3c3ccc(Br)cc3c2n1CCCCCC. The van der Waals surface area contributed by atoms with Crippen LogP contribution in [-0.2, 0) is 6.54 Å². The van der Waals surface area contributed by atoms with Crippen molar-refractivity contribution in [2.45, 2.75) is 71.8 Å². The van der Waals surface area contributed by atoms with Gasteiger partial charge in [0.2, 0.25) is 0 Å². The second-order valence-corrected chi connectivity index (χ2v) is 13.1. The lowest BCUT2D eigenvalue weighted by atomic mass is 10.00. The molecule has 0 N–H and O–H groups in total. The van der Waals surface area contributed by atoms with E-state index in [-0.39, 0.29) is 0 Å². The van der Waals surface area contributed by atoms with E-state index in [1.807, 2.05) is 0 Å². The maximum atomic E-state index is 6.59. The van der Waals surface area contributed by atoms with Gasteiger partial charge in [-0.1, -0.05) is 127 Å². The molecule has 0 aliphatic rings. The largest absolute Gasteiger partial charge is 0.493 e. The van der Waals surface area contributed by atoms with Crippen molar-refractivity contribution in [1.82, 2.24) is 9.55 Å². The summed E-state index contributed by atoms with van der Waals surface area (Å²) in [7, 11) is 0. The second kappa shape index (κ2) is 13.2. The molecule has 216 valence electrons. The second-order valence-electron chi connectivity index (χ2n) is 11.3. The fourth-order valence-corrected chi connectivity index (χ4v) is 6.95. The van der Waals surface area contributed by atoms with E-state index in [1.165, 1.54) is 76.4 Å². The summed E-state index contributed by atoms with van der Waals surface area (Å²) >= 11 is 7.53. The third-order valence-electron chi connectivity index (χ3n) is 8.34. The minimum atomic E-state index is 0.716. The number of fused-ring (bicyclic) bond motifs is 7. The van der Waals surface area contributed by atoms with Gasteiger partial charge in [-0.25, -0.2) is 4.98 Å². The average Bonchev–Trinajstić information content (AvgIpc) is 3.38. The first kappa shape index (κ1) is 29.2. The Labute approximate surface area is 265 Å². The zero-order valence-corrected chi connectivity index (χ0v) is 27.7. The minimum Gasteiger partial charge on any atom is -0.493 e. The molecule has 0 amide bonds.